The third-order valence-electron chi connectivity index (χ3n) is 21.6. The molecule has 0 saturated carbocycles. The Bertz CT molecular complexity index is 7580. The molecule has 0 aliphatic heterocycles. The summed E-state index contributed by atoms with van der Waals surface area (Å²) in [4.78, 5) is 10.8. The molecule has 0 aliphatic carbocycles. The quantitative estimate of drug-likeness (QED) is 0.145. The minimum Gasteiger partial charge on any atom is -0.455 e. The van der Waals surface area contributed by atoms with Gasteiger partial charge in [0.15, 0.2) is 0 Å². The lowest BCUT2D eigenvalue weighted by atomic mass is 9.96. The minimum absolute atomic E-state index is 0.910. The lowest BCUT2D eigenvalue weighted by Crippen LogP contribution is -1.95. The van der Waals surface area contributed by atoms with Crippen molar-refractivity contribution in [2.24, 2.45) is 0 Å². The number of nitrogens with zero attached hydrogens (tertiary/aromatic N) is 4. The van der Waals surface area contributed by atoms with Crippen molar-refractivity contribution in [2.75, 3.05) is 0 Å². The lowest BCUT2D eigenvalue weighted by Gasteiger charge is -2.14. The molecule has 5 nitrogen and oxygen atoms in total. The van der Waals surface area contributed by atoms with Crippen LogP contribution in [0.2, 0.25) is 0 Å². The van der Waals surface area contributed by atoms with Gasteiger partial charge in [0, 0.05) is 121 Å². The Kier molecular flexibility index (Phi) is 14.5. The van der Waals surface area contributed by atoms with Crippen molar-refractivity contribution >= 4 is 160 Å². The van der Waals surface area contributed by atoms with E-state index in [1.807, 2.05) is 40.1 Å². The van der Waals surface area contributed by atoms with E-state index >= 15 is 0 Å². The van der Waals surface area contributed by atoms with Crippen molar-refractivity contribution < 1.29 is 4.42 Å². The van der Waals surface area contributed by atoms with Gasteiger partial charge >= 0.3 is 0 Å². The predicted molar refractivity (Wildman–Crippen MR) is 461 cm³/mol. The molecule has 0 unspecified atom stereocenters. The number of rotatable bonds is 9. The second-order valence-electron chi connectivity index (χ2n) is 27.8. The van der Waals surface area contributed by atoms with Crippen molar-refractivity contribution in [1.82, 2.24) is 19.1 Å². The van der Waals surface area contributed by atoms with E-state index in [1.54, 1.807) is 0 Å². The summed E-state index contributed by atoms with van der Waals surface area (Å²) in [6, 6.07) is 131. The number of benzene rings is 15. The molecule has 0 bridgehead atoms. The van der Waals surface area contributed by atoms with Crippen molar-refractivity contribution in [2.45, 2.75) is 0 Å². The fourth-order valence-electron chi connectivity index (χ4n) is 16.7. The van der Waals surface area contributed by atoms with Crippen LogP contribution in [-0.4, -0.2) is 19.1 Å². The Labute approximate surface area is 632 Å². The van der Waals surface area contributed by atoms with Crippen LogP contribution in [0.1, 0.15) is 0 Å². The molecule has 504 valence electrons. The van der Waals surface area contributed by atoms with Gasteiger partial charge in [-0.3, -0.25) is 0 Å². The van der Waals surface area contributed by atoms with Crippen LogP contribution in [0.5, 0.6) is 0 Å². The highest BCUT2D eigenvalue weighted by Gasteiger charge is 2.23. The zero-order chi connectivity index (χ0) is 70.9. The fraction of sp³-hybridized carbons (Fsp3) is 0. The van der Waals surface area contributed by atoms with E-state index in [9.17, 15) is 0 Å². The van der Waals surface area contributed by atoms with Gasteiger partial charge in [-0.15, -0.1) is 34.0 Å². The van der Waals surface area contributed by atoms with Gasteiger partial charge in [0.25, 0.3) is 0 Å². The Hall–Kier alpha value is -13.3. The SMILES string of the molecule is c1ccc(-c2cc(-c3cccc(-n4c5ccccc5c5c6oc7ccccc7c6ccc54)c3)cc(-c3cccc4c3sc3ccccc34)n2)cc1.c1ccc(-c2cccc(-c3cc(-c4cccc(-n5c6ccccc6c6c7sc8ccccc8c7ccc65)c4)cc(-c4cccc5sc6ccccc6c45)n3)c2)cc1. The summed E-state index contributed by atoms with van der Waals surface area (Å²) in [5.74, 6) is 0. The summed E-state index contributed by atoms with van der Waals surface area (Å²) in [6.07, 6.45) is 0. The van der Waals surface area contributed by atoms with Crippen LogP contribution < -0.4 is 0 Å². The van der Waals surface area contributed by atoms with E-state index in [-0.39, 0.29) is 0 Å². The van der Waals surface area contributed by atoms with E-state index in [4.69, 9.17) is 14.4 Å². The number of furan rings is 1. The summed E-state index contributed by atoms with van der Waals surface area (Å²) >= 11 is 5.58. The van der Waals surface area contributed by atoms with Crippen LogP contribution in [0.4, 0.5) is 0 Å². The molecule has 0 fully saturated rings. The Balaban J connectivity index is 0.000000135. The first-order valence-electron chi connectivity index (χ1n) is 36.5. The minimum atomic E-state index is 0.910. The monoisotopic (exact) mass is 1430 g/mol. The van der Waals surface area contributed by atoms with Crippen molar-refractivity contribution in [3.63, 3.8) is 0 Å². The number of hydrogen-bond donors (Lipinski definition) is 0. The molecule has 0 radical (unpaired) electrons. The maximum atomic E-state index is 6.56. The standard InChI is InChI=1S/C53H32N2S2.C47H28N2OS/c1-2-13-33(14-3-1)34-15-10-17-36(29-34)44-31-37(32-45(54-44)41-22-12-26-50-51(41)43-21-6-9-25-49(43)56-50)35-16-11-18-38(30-35)55-46-23-7-4-20-42(46)52-47(55)28-27-40-39-19-5-8-24-48(39)57-53(40)52;1-2-12-29(13-3-1)39-27-31(28-40(48-39)37-20-11-19-36-34-17-6-9-23-44(34)51-47(36)37)30-14-10-15-32(26-30)49-41-21-7-4-18-38(41)45-42(49)25-24-35-33-16-5-8-22-43(33)50-46(35)45/h1-32H;1-28H. The highest BCUT2D eigenvalue weighted by atomic mass is 32.1. The molecule has 8 heterocycles. The van der Waals surface area contributed by atoms with Gasteiger partial charge in [0.1, 0.15) is 11.2 Å². The van der Waals surface area contributed by atoms with Crippen molar-refractivity contribution in [3.8, 4) is 89.8 Å². The number of thiophene rings is 3. The van der Waals surface area contributed by atoms with Crippen LogP contribution in [-0.2, 0) is 0 Å². The van der Waals surface area contributed by atoms with E-state index in [1.165, 1.54) is 98.8 Å². The molecule has 15 aromatic carbocycles. The van der Waals surface area contributed by atoms with Gasteiger partial charge in [-0.25, -0.2) is 9.97 Å². The molecule has 0 saturated heterocycles. The number of hydrogen-bond acceptors (Lipinski definition) is 6. The van der Waals surface area contributed by atoms with Crippen molar-refractivity contribution in [1.29, 1.82) is 0 Å². The topological polar surface area (TPSA) is 48.8 Å². The largest absolute Gasteiger partial charge is 0.455 e. The first-order chi connectivity index (χ1) is 53.5. The molecule has 0 aliphatic rings. The second-order valence-corrected chi connectivity index (χ2v) is 31.0. The van der Waals surface area contributed by atoms with Crippen LogP contribution in [0, 0.1) is 0 Å². The van der Waals surface area contributed by atoms with Gasteiger partial charge in [-0.1, -0.05) is 249 Å². The number of para-hydroxylation sites is 3. The van der Waals surface area contributed by atoms with E-state index in [0.29, 0.717) is 0 Å². The maximum Gasteiger partial charge on any atom is 0.145 e. The molecular weight excluding hydrogens is 1370 g/mol. The number of aromatic nitrogens is 4. The molecule has 0 N–H and O–H groups in total. The summed E-state index contributed by atoms with van der Waals surface area (Å²) in [7, 11) is 0. The number of fused-ring (bicyclic) bond motifs is 20. The maximum absolute atomic E-state index is 6.56. The van der Waals surface area contributed by atoms with Gasteiger partial charge in [-0.2, -0.15) is 0 Å². The summed E-state index contributed by atoms with van der Waals surface area (Å²) < 4.78 is 19.2. The summed E-state index contributed by atoms with van der Waals surface area (Å²) in [6.45, 7) is 0. The van der Waals surface area contributed by atoms with Crippen LogP contribution in [0.15, 0.2) is 368 Å². The molecule has 0 atom stereocenters. The smallest absolute Gasteiger partial charge is 0.145 e. The summed E-state index contributed by atoms with van der Waals surface area (Å²) in [5.41, 5.74) is 24.0. The zero-order valence-corrected chi connectivity index (χ0v) is 60.5. The molecule has 108 heavy (non-hydrogen) atoms. The van der Waals surface area contributed by atoms with Crippen LogP contribution in [0.3, 0.4) is 0 Å². The van der Waals surface area contributed by atoms with Gasteiger partial charge in [0.2, 0.25) is 0 Å². The van der Waals surface area contributed by atoms with E-state index in [2.05, 4.69) is 367 Å². The number of pyridine rings is 2. The van der Waals surface area contributed by atoms with Gasteiger partial charge < -0.3 is 13.6 Å². The Morgan fingerprint density at radius 2 is 0.657 bits per heavy atom. The Morgan fingerprint density at radius 3 is 1.33 bits per heavy atom. The third-order valence-corrected chi connectivity index (χ3v) is 25.1. The van der Waals surface area contributed by atoms with Crippen molar-refractivity contribution in [3.05, 3.63) is 364 Å². The first-order valence-corrected chi connectivity index (χ1v) is 38.9. The van der Waals surface area contributed by atoms with Crippen LogP contribution in [0.25, 0.3) is 216 Å². The summed E-state index contributed by atoms with van der Waals surface area (Å²) in [5, 5.41) is 14.9. The molecule has 0 spiro atoms. The lowest BCUT2D eigenvalue weighted by molar-refractivity contribution is 0.673. The highest BCUT2D eigenvalue weighted by molar-refractivity contribution is 7.27. The van der Waals surface area contributed by atoms with Gasteiger partial charge in [-0.05, 0) is 149 Å². The molecule has 0 amide bonds. The third kappa shape index (κ3) is 10.2. The fourth-order valence-corrected chi connectivity index (χ4v) is 20.3. The molecule has 8 aromatic heterocycles. The average Bonchev–Trinajstić information content (AvgIpc) is 1.57. The zero-order valence-electron chi connectivity index (χ0n) is 58.1. The Morgan fingerprint density at radius 1 is 0.222 bits per heavy atom. The second kappa shape index (κ2) is 25.2. The molecule has 8 heteroatoms. The highest BCUT2D eigenvalue weighted by Crippen LogP contribution is 2.48. The molecular formula is C100H60N4OS3. The normalized spacial score (nSPS) is 11.9. The predicted octanol–water partition coefficient (Wildman–Crippen LogP) is 29.0. The van der Waals surface area contributed by atoms with E-state index in [0.717, 1.165) is 117 Å². The first kappa shape index (κ1) is 62.1. The molecule has 23 rings (SSSR count). The average molecular weight is 1430 g/mol. The van der Waals surface area contributed by atoms with Crippen LogP contribution >= 0.6 is 34.0 Å². The van der Waals surface area contributed by atoms with E-state index < -0.39 is 0 Å². The molecule has 23 aromatic rings. The van der Waals surface area contributed by atoms with Gasteiger partial charge in [0.05, 0.1) is 50.2 Å².